The molecule has 0 N–H and O–H groups in total. The lowest BCUT2D eigenvalue weighted by atomic mass is 10.2. The number of carbonyl (C=O) groups excluding carboxylic acids is 2. The third-order valence-corrected chi connectivity index (χ3v) is 2.54. The molecule has 15 heavy (non-hydrogen) atoms. The molecule has 0 saturated carbocycles. The third-order valence-electron chi connectivity index (χ3n) is 2.54. The third kappa shape index (κ3) is 6.23. The maximum absolute atomic E-state index is 11.6. The van der Waals surface area contributed by atoms with Gasteiger partial charge in [0.25, 0.3) is 0 Å². The number of amides is 1. The zero-order chi connectivity index (χ0) is 12.0. The van der Waals surface area contributed by atoms with Gasteiger partial charge in [-0.15, -0.1) is 0 Å². The summed E-state index contributed by atoms with van der Waals surface area (Å²) in [6.45, 7) is 4.27. The largest absolute Gasteiger partial charge is 0.344 e. The lowest BCUT2D eigenvalue weighted by Crippen LogP contribution is -2.39. The van der Waals surface area contributed by atoms with Crippen molar-refractivity contribution >= 4 is 11.7 Å². The van der Waals surface area contributed by atoms with Crippen LogP contribution >= 0.6 is 0 Å². The Morgan fingerprint density at radius 2 is 1.67 bits per heavy atom. The van der Waals surface area contributed by atoms with Crippen molar-refractivity contribution in [2.75, 3.05) is 27.7 Å². The number of rotatable bonds is 6. The highest BCUT2D eigenvalue weighted by Gasteiger charge is 2.13. The normalized spacial score (nSPS) is 12.7. The second-order valence-corrected chi connectivity index (χ2v) is 4.29. The summed E-state index contributed by atoms with van der Waals surface area (Å²) in [6.07, 6.45) is 0.672. The average Bonchev–Trinajstić information content (AvgIpc) is 2.13. The topological polar surface area (TPSA) is 40.6 Å². The predicted molar refractivity (Wildman–Crippen MR) is 60.7 cm³/mol. The number of Topliss-reactive ketones (excluding diaryl/α,β-unsaturated/α-hetero) is 1. The van der Waals surface area contributed by atoms with Crippen molar-refractivity contribution in [1.29, 1.82) is 0 Å². The molecule has 0 bridgehead atoms. The summed E-state index contributed by atoms with van der Waals surface area (Å²) in [6, 6.07) is 0.330. The SMILES string of the molecule is CC(=O)CCC(=O)N(C)CC(C)N(C)C. The molecule has 1 amide bonds. The van der Waals surface area contributed by atoms with E-state index in [1.165, 1.54) is 6.92 Å². The summed E-state index contributed by atoms with van der Waals surface area (Å²) in [7, 11) is 5.75. The molecule has 0 aliphatic carbocycles. The summed E-state index contributed by atoms with van der Waals surface area (Å²) >= 11 is 0. The van der Waals surface area contributed by atoms with Gasteiger partial charge in [0, 0.05) is 32.5 Å². The Balaban J connectivity index is 3.93. The van der Waals surface area contributed by atoms with Gasteiger partial charge in [0.15, 0.2) is 0 Å². The van der Waals surface area contributed by atoms with Crippen molar-refractivity contribution in [2.24, 2.45) is 0 Å². The van der Waals surface area contributed by atoms with E-state index in [-0.39, 0.29) is 11.7 Å². The monoisotopic (exact) mass is 214 g/mol. The van der Waals surface area contributed by atoms with Gasteiger partial charge in [-0.3, -0.25) is 4.79 Å². The van der Waals surface area contributed by atoms with E-state index in [0.717, 1.165) is 0 Å². The Hall–Kier alpha value is -0.900. The molecule has 1 unspecified atom stereocenters. The number of ketones is 1. The van der Waals surface area contributed by atoms with E-state index >= 15 is 0 Å². The van der Waals surface area contributed by atoms with Crippen LogP contribution in [0.15, 0.2) is 0 Å². The molecule has 0 radical (unpaired) electrons. The fourth-order valence-corrected chi connectivity index (χ4v) is 1.14. The van der Waals surface area contributed by atoms with Crippen LogP contribution in [0.2, 0.25) is 0 Å². The zero-order valence-electron chi connectivity index (χ0n) is 10.4. The van der Waals surface area contributed by atoms with Gasteiger partial charge >= 0.3 is 0 Å². The van der Waals surface area contributed by atoms with Crippen LogP contribution in [0.1, 0.15) is 26.7 Å². The Morgan fingerprint density at radius 3 is 2.07 bits per heavy atom. The molecule has 4 nitrogen and oxygen atoms in total. The van der Waals surface area contributed by atoms with E-state index in [4.69, 9.17) is 0 Å². The second kappa shape index (κ2) is 6.56. The number of likely N-dealkylation sites (N-methyl/N-ethyl adjacent to an activating group) is 2. The lowest BCUT2D eigenvalue weighted by Gasteiger charge is -2.26. The first-order valence-corrected chi connectivity index (χ1v) is 5.24. The number of nitrogens with zero attached hydrogens (tertiary/aromatic N) is 2. The molecule has 0 fully saturated rings. The first kappa shape index (κ1) is 14.1. The zero-order valence-corrected chi connectivity index (χ0v) is 10.4. The van der Waals surface area contributed by atoms with Crippen molar-refractivity contribution in [2.45, 2.75) is 32.7 Å². The van der Waals surface area contributed by atoms with Crippen LogP contribution in [0.3, 0.4) is 0 Å². The molecule has 0 aliphatic heterocycles. The number of carbonyl (C=O) groups is 2. The summed E-state index contributed by atoms with van der Waals surface area (Å²) in [5, 5.41) is 0. The van der Waals surface area contributed by atoms with Gasteiger partial charge in [-0.05, 0) is 27.9 Å². The highest BCUT2D eigenvalue weighted by Crippen LogP contribution is 2.00. The highest BCUT2D eigenvalue weighted by atomic mass is 16.2. The van der Waals surface area contributed by atoms with Crippen molar-refractivity contribution in [3.8, 4) is 0 Å². The van der Waals surface area contributed by atoms with E-state index in [9.17, 15) is 9.59 Å². The Morgan fingerprint density at radius 1 is 1.13 bits per heavy atom. The van der Waals surface area contributed by atoms with E-state index in [0.29, 0.717) is 25.4 Å². The first-order valence-electron chi connectivity index (χ1n) is 5.24. The minimum atomic E-state index is 0.0406. The molecule has 0 saturated heterocycles. The van der Waals surface area contributed by atoms with Gasteiger partial charge < -0.3 is 14.6 Å². The summed E-state index contributed by atoms with van der Waals surface area (Å²) in [5.74, 6) is 0.108. The van der Waals surface area contributed by atoms with E-state index < -0.39 is 0 Å². The van der Waals surface area contributed by atoms with Crippen LogP contribution in [0.25, 0.3) is 0 Å². The number of hydrogen-bond acceptors (Lipinski definition) is 3. The minimum Gasteiger partial charge on any atom is -0.344 e. The molecule has 88 valence electrons. The van der Waals surface area contributed by atoms with E-state index in [2.05, 4.69) is 11.8 Å². The minimum absolute atomic E-state index is 0.0406. The molecule has 0 rings (SSSR count). The van der Waals surface area contributed by atoms with Gasteiger partial charge in [-0.1, -0.05) is 0 Å². The molecule has 4 heteroatoms. The average molecular weight is 214 g/mol. The summed E-state index contributed by atoms with van der Waals surface area (Å²) in [5.41, 5.74) is 0. The van der Waals surface area contributed by atoms with Crippen LogP contribution in [-0.4, -0.2) is 55.2 Å². The molecule has 0 aromatic heterocycles. The van der Waals surface area contributed by atoms with Crippen LogP contribution in [0, 0.1) is 0 Å². The Labute approximate surface area is 92.2 Å². The maximum atomic E-state index is 11.6. The van der Waals surface area contributed by atoms with Crippen molar-refractivity contribution in [3.05, 3.63) is 0 Å². The van der Waals surface area contributed by atoms with Gasteiger partial charge in [0.1, 0.15) is 5.78 Å². The van der Waals surface area contributed by atoms with Crippen LogP contribution in [0.5, 0.6) is 0 Å². The van der Waals surface area contributed by atoms with Crippen LogP contribution < -0.4 is 0 Å². The molecule has 0 aromatic carbocycles. The van der Waals surface area contributed by atoms with Crippen molar-refractivity contribution < 1.29 is 9.59 Å². The Bertz CT molecular complexity index is 227. The smallest absolute Gasteiger partial charge is 0.222 e. The van der Waals surface area contributed by atoms with Crippen molar-refractivity contribution in [3.63, 3.8) is 0 Å². The molecular weight excluding hydrogens is 192 g/mol. The van der Waals surface area contributed by atoms with Crippen LogP contribution in [0.4, 0.5) is 0 Å². The standard InChI is InChI=1S/C11H22N2O2/c1-9(12(3)4)8-13(5)11(15)7-6-10(2)14/h9H,6-8H2,1-5H3. The molecule has 0 heterocycles. The predicted octanol–water partition coefficient (Wildman–Crippen LogP) is 0.764. The number of hydrogen-bond donors (Lipinski definition) is 0. The molecule has 0 aromatic rings. The van der Waals surface area contributed by atoms with Crippen molar-refractivity contribution in [1.82, 2.24) is 9.80 Å². The quantitative estimate of drug-likeness (QED) is 0.655. The molecular formula is C11H22N2O2. The maximum Gasteiger partial charge on any atom is 0.222 e. The summed E-state index contributed by atoms with van der Waals surface area (Å²) in [4.78, 5) is 26.0. The first-order chi connectivity index (χ1) is 6.84. The van der Waals surface area contributed by atoms with Crippen LogP contribution in [-0.2, 0) is 9.59 Å². The Kier molecular flexibility index (Phi) is 6.17. The fraction of sp³-hybridized carbons (Fsp3) is 0.818. The second-order valence-electron chi connectivity index (χ2n) is 4.29. The van der Waals surface area contributed by atoms with E-state index in [1.807, 2.05) is 14.1 Å². The van der Waals surface area contributed by atoms with Gasteiger partial charge in [-0.2, -0.15) is 0 Å². The highest BCUT2D eigenvalue weighted by molar-refractivity contribution is 5.83. The van der Waals surface area contributed by atoms with Gasteiger partial charge in [0.2, 0.25) is 5.91 Å². The van der Waals surface area contributed by atoms with E-state index in [1.54, 1.807) is 11.9 Å². The molecule has 0 spiro atoms. The fourth-order valence-electron chi connectivity index (χ4n) is 1.14. The van der Waals surface area contributed by atoms with Gasteiger partial charge in [0.05, 0.1) is 0 Å². The van der Waals surface area contributed by atoms with Gasteiger partial charge in [-0.25, -0.2) is 0 Å². The lowest BCUT2D eigenvalue weighted by molar-refractivity contribution is -0.132. The molecule has 0 aliphatic rings. The molecule has 1 atom stereocenters. The summed E-state index contributed by atoms with van der Waals surface area (Å²) < 4.78 is 0.